The highest BCUT2D eigenvalue weighted by atomic mass is 79.9. The third kappa shape index (κ3) is 3.25. The van der Waals surface area contributed by atoms with Crippen LogP contribution in [0.25, 0.3) is 11.3 Å². The maximum atomic E-state index is 4.54. The van der Waals surface area contributed by atoms with Crippen molar-refractivity contribution in [1.82, 2.24) is 15.3 Å². The topological polar surface area (TPSA) is 40.7 Å². The van der Waals surface area contributed by atoms with Gasteiger partial charge in [-0.1, -0.05) is 28.9 Å². The van der Waals surface area contributed by atoms with Gasteiger partial charge in [-0.2, -0.15) is 0 Å². The van der Waals surface area contributed by atoms with Crippen LogP contribution in [0.5, 0.6) is 0 Å². The molecule has 0 fully saturated rings. The Balaban J connectivity index is 2.32. The minimum absolute atomic E-state index is 0.436. The summed E-state index contributed by atoms with van der Waals surface area (Å²) in [6.45, 7) is 5.25. The van der Waals surface area contributed by atoms with E-state index in [0.717, 1.165) is 29.0 Å². The Morgan fingerprint density at radius 3 is 2.89 bits per heavy atom. The van der Waals surface area contributed by atoms with Crippen molar-refractivity contribution in [3.05, 3.63) is 40.3 Å². The van der Waals surface area contributed by atoms with E-state index in [1.165, 1.54) is 11.1 Å². The molecule has 0 saturated heterocycles. The Bertz CT molecular complexity index is 548. The fourth-order valence-corrected chi connectivity index (χ4v) is 2.61. The monoisotopic (exact) mass is 321 g/mol. The van der Waals surface area contributed by atoms with Crippen molar-refractivity contribution in [1.29, 1.82) is 0 Å². The summed E-state index contributed by atoms with van der Waals surface area (Å²) in [6.07, 6.45) is 3.01. The van der Waals surface area contributed by atoms with Crippen LogP contribution < -0.4 is 5.32 Å². The van der Waals surface area contributed by atoms with Gasteiger partial charge >= 0.3 is 0 Å². The molecule has 3 nitrogen and oxygen atoms in total. The van der Waals surface area contributed by atoms with E-state index >= 15 is 0 Å². The fraction of sp³-hybridized carbons (Fsp3) is 0.400. The Morgan fingerprint density at radius 2 is 2.21 bits per heavy atom. The van der Waals surface area contributed by atoms with E-state index in [9.17, 15) is 0 Å². The highest BCUT2D eigenvalue weighted by Gasteiger charge is 2.13. The van der Waals surface area contributed by atoms with Crippen molar-refractivity contribution >= 4 is 15.9 Å². The summed E-state index contributed by atoms with van der Waals surface area (Å²) < 4.78 is 1.09. The molecule has 2 aromatic rings. The molecular formula is C15H20BrN3. The van der Waals surface area contributed by atoms with E-state index in [0.29, 0.717) is 5.92 Å². The third-order valence-corrected chi connectivity index (χ3v) is 3.91. The molecule has 1 atom stereocenters. The van der Waals surface area contributed by atoms with Gasteiger partial charge in [-0.25, -0.2) is 4.98 Å². The molecule has 2 rings (SSSR count). The minimum atomic E-state index is 0.436. The first kappa shape index (κ1) is 14.3. The number of nitrogens with zero attached hydrogens (tertiary/aromatic N) is 1. The van der Waals surface area contributed by atoms with Crippen LogP contribution in [0.1, 0.15) is 30.7 Å². The summed E-state index contributed by atoms with van der Waals surface area (Å²) in [5, 5.41) is 3.22. The molecular weight excluding hydrogens is 302 g/mol. The molecule has 0 radical (unpaired) electrons. The number of aryl methyl sites for hydroxylation is 1. The number of H-pyrrole nitrogens is 1. The maximum absolute atomic E-state index is 4.54. The second-order valence-electron chi connectivity index (χ2n) is 4.80. The first-order chi connectivity index (χ1) is 9.15. The second-order valence-corrected chi connectivity index (χ2v) is 5.72. The SMILES string of the molecule is CCC(CNC)c1ncc(-c2cc(Br)ccc2C)[nH]1. The second kappa shape index (κ2) is 6.35. The number of rotatable bonds is 5. The zero-order valence-electron chi connectivity index (χ0n) is 11.6. The van der Waals surface area contributed by atoms with Crippen molar-refractivity contribution in [3.63, 3.8) is 0 Å². The minimum Gasteiger partial charge on any atom is -0.342 e. The lowest BCUT2D eigenvalue weighted by Gasteiger charge is -2.11. The van der Waals surface area contributed by atoms with Crippen molar-refractivity contribution in [2.24, 2.45) is 0 Å². The molecule has 1 aromatic carbocycles. The van der Waals surface area contributed by atoms with Crippen LogP contribution in [0, 0.1) is 6.92 Å². The summed E-state index contributed by atoms with van der Waals surface area (Å²) >= 11 is 3.52. The van der Waals surface area contributed by atoms with Gasteiger partial charge in [-0.05, 0) is 38.1 Å². The van der Waals surface area contributed by atoms with Crippen LogP contribution >= 0.6 is 15.9 Å². The Morgan fingerprint density at radius 1 is 1.42 bits per heavy atom. The van der Waals surface area contributed by atoms with E-state index in [-0.39, 0.29) is 0 Å². The lowest BCUT2D eigenvalue weighted by atomic mass is 10.1. The van der Waals surface area contributed by atoms with Crippen LogP contribution in [0.3, 0.4) is 0 Å². The first-order valence-electron chi connectivity index (χ1n) is 6.61. The molecule has 0 aliphatic carbocycles. The Labute approximate surface area is 123 Å². The van der Waals surface area contributed by atoms with Gasteiger partial charge in [0.15, 0.2) is 0 Å². The standard InChI is InChI=1S/C15H20BrN3/c1-4-11(8-17-3)15-18-9-14(19-15)13-7-12(16)6-5-10(13)2/h5-7,9,11,17H,4,8H2,1-3H3,(H,18,19). The van der Waals surface area contributed by atoms with Gasteiger partial charge < -0.3 is 10.3 Å². The number of halogens is 1. The molecule has 0 spiro atoms. The van der Waals surface area contributed by atoms with E-state index < -0.39 is 0 Å². The van der Waals surface area contributed by atoms with Crippen molar-refractivity contribution < 1.29 is 0 Å². The van der Waals surface area contributed by atoms with Crippen LogP contribution in [-0.2, 0) is 0 Å². The largest absolute Gasteiger partial charge is 0.342 e. The maximum Gasteiger partial charge on any atom is 0.110 e. The fourth-order valence-electron chi connectivity index (χ4n) is 2.25. The van der Waals surface area contributed by atoms with Crippen LogP contribution in [0.4, 0.5) is 0 Å². The smallest absolute Gasteiger partial charge is 0.110 e. The van der Waals surface area contributed by atoms with E-state index in [2.05, 4.69) is 63.3 Å². The molecule has 0 aliphatic heterocycles. The zero-order valence-corrected chi connectivity index (χ0v) is 13.2. The van der Waals surface area contributed by atoms with Crippen LogP contribution in [-0.4, -0.2) is 23.6 Å². The molecule has 2 N–H and O–H groups in total. The lowest BCUT2D eigenvalue weighted by Crippen LogP contribution is -2.17. The molecule has 0 amide bonds. The summed E-state index contributed by atoms with van der Waals surface area (Å²) in [5.41, 5.74) is 3.54. The van der Waals surface area contributed by atoms with Gasteiger partial charge in [0, 0.05) is 22.5 Å². The number of hydrogen-bond donors (Lipinski definition) is 2. The third-order valence-electron chi connectivity index (χ3n) is 3.42. The van der Waals surface area contributed by atoms with Crippen LogP contribution in [0.2, 0.25) is 0 Å². The molecule has 4 heteroatoms. The van der Waals surface area contributed by atoms with Gasteiger partial charge in [-0.15, -0.1) is 0 Å². The predicted octanol–water partition coefficient (Wildman–Crippen LogP) is 3.86. The Hall–Kier alpha value is -1.13. The summed E-state index contributed by atoms with van der Waals surface area (Å²) in [6, 6.07) is 6.31. The molecule has 0 bridgehead atoms. The van der Waals surface area contributed by atoms with Crippen LogP contribution in [0.15, 0.2) is 28.9 Å². The first-order valence-corrected chi connectivity index (χ1v) is 7.41. The van der Waals surface area contributed by atoms with E-state index in [1.807, 2.05) is 13.2 Å². The summed E-state index contributed by atoms with van der Waals surface area (Å²) in [4.78, 5) is 8.00. The molecule has 102 valence electrons. The lowest BCUT2D eigenvalue weighted by molar-refractivity contribution is 0.586. The van der Waals surface area contributed by atoms with E-state index in [4.69, 9.17) is 0 Å². The van der Waals surface area contributed by atoms with Gasteiger partial charge in [0.2, 0.25) is 0 Å². The predicted molar refractivity (Wildman–Crippen MR) is 83.4 cm³/mol. The molecule has 19 heavy (non-hydrogen) atoms. The van der Waals surface area contributed by atoms with Crippen molar-refractivity contribution in [3.8, 4) is 11.3 Å². The number of benzene rings is 1. The highest BCUT2D eigenvalue weighted by molar-refractivity contribution is 9.10. The molecule has 1 aromatic heterocycles. The number of nitrogens with one attached hydrogen (secondary N) is 2. The quantitative estimate of drug-likeness (QED) is 0.877. The van der Waals surface area contributed by atoms with E-state index in [1.54, 1.807) is 0 Å². The van der Waals surface area contributed by atoms with Gasteiger partial charge in [0.25, 0.3) is 0 Å². The average Bonchev–Trinajstić information content (AvgIpc) is 2.88. The molecule has 1 heterocycles. The number of aromatic nitrogens is 2. The summed E-state index contributed by atoms with van der Waals surface area (Å²) in [5.74, 6) is 1.50. The van der Waals surface area contributed by atoms with Crippen molar-refractivity contribution in [2.45, 2.75) is 26.2 Å². The number of aromatic amines is 1. The number of hydrogen-bond acceptors (Lipinski definition) is 2. The number of imidazole rings is 1. The van der Waals surface area contributed by atoms with Gasteiger partial charge in [0.1, 0.15) is 5.82 Å². The summed E-state index contributed by atoms with van der Waals surface area (Å²) in [7, 11) is 1.98. The number of likely N-dealkylation sites (N-methyl/N-ethyl adjacent to an activating group) is 1. The Kier molecular flexibility index (Phi) is 4.77. The molecule has 0 saturated carbocycles. The van der Waals surface area contributed by atoms with Gasteiger partial charge in [-0.3, -0.25) is 0 Å². The normalized spacial score (nSPS) is 12.6. The zero-order chi connectivity index (χ0) is 13.8. The molecule has 0 aliphatic rings. The highest BCUT2D eigenvalue weighted by Crippen LogP contribution is 2.27. The molecule has 1 unspecified atom stereocenters. The van der Waals surface area contributed by atoms with Gasteiger partial charge in [0.05, 0.1) is 11.9 Å². The average molecular weight is 322 g/mol. The van der Waals surface area contributed by atoms with Crippen molar-refractivity contribution in [2.75, 3.05) is 13.6 Å².